The monoisotopic (exact) mass is 293 g/mol. The second-order valence-electron chi connectivity index (χ2n) is 5.54. The maximum atomic E-state index is 5.97. The van der Waals surface area contributed by atoms with E-state index in [-0.39, 0.29) is 6.04 Å². The van der Waals surface area contributed by atoms with Gasteiger partial charge in [0.2, 0.25) is 0 Å². The van der Waals surface area contributed by atoms with Crippen molar-refractivity contribution >= 4 is 0 Å². The molecule has 0 radical (unpaired) electrons. The van der Waals surface area contributed by atoms with Gasteiger partial charge in [0.1, 0.15) is 5.75 Å². The standard InChI is InChI=1S/C18H31NO2/c1-5-7-10-15(6-2)13-21-14-17(19-3)16-11-8-9-12-18(16)20-4/h8-9,11-12,15,17,19H,5-7,10,13-14H2,1-4H3. The van der Waals surface area contributed by atoms with Crippen LogP contribution in [0.3, 0.4) is 0 Å². The van der Waals surface area contributed by atoms with Crippen molar-refractivity contribution < 1.29 is 9.47 Å². The third kappa shape index (κ3) is 6.06. The van der Waals surface area contributed by atoms with Crippen LogP contribution in [0.5, 0.6) is 5.75 Å². The second-order valence-corrected chi connectivity index (χ2v) is 5.54. The van der Waals surface area contributed by atoms with Crippen molar-refractivity contribution in [1.82, 2.24) is 5.32 Å². The van der Waals surface area contributed by atoms with Crippen molar-refractivity contribution in [2.75, 3.05) is 27.4 Å². The van der Waals surface area contributed by atoms with Crippen LogP contribution < -0.4 is 10.1 Å². The van der Waals surface area contributed by atoms with Crippen LogP contribution in [-0.4, -0.2) is 27.4 Å². The zero-order valence-corrected chi connectivity index (χ0v) is 14.0. The number of ether oxygens (including phenoxy) is 2. The molecule has 1 aromatic rings. The smallest absolute Gasteiger partial charge is 0.123 e. The summed E-state index contributed by atoms with van der Waals surface area (Å²) in [5.41, 5.74) is 1.16. The Morgan fingerprint density at radius 1 is 1.14 bits per heavy atom. The van der Waals surface area contributed by atoms with Gasteiger partial charge in [-0.05, 0) is 25.5 Å². The van der Waals surface area contributed by atoms with Gasteiger partial charge >= 0.3 is 0 Å². The summed E-state index contributed by atoms with van der Waals surface area (Å²) in [5.74, 6) is 1.60. The Morgan fingerprint density at radius 3 is 2.52 bits per heavy atom. The molecule has 0 aromatic heterocycles. The molecule has 0 fully saturated rings. The topological polar surface area (TPSA) is 30.5 Å². The van der Waals surface area contributed by atoms with Crippen LogP contribution in [0.1, 0.15) is 51.1 Å². The van der Waals surface area contributed by atoms with Gasteiger partial charge in [-0.3, -0.25) is 0 Å². The first-order valence-electron chi connectivity index (χ1n) is 8.14. The fraction of sp³-hybridized carbons (Fsp3) is 0.667. The summed E-state index contributed by atoms with van der Waals surface area (Å²) in [7, 11) is 3.68. The van der Waals surface area contributed by atoms with Crippen LogP contribution in [0.15, 0.2) is 24.3 Å². The Kier molecular flexibility index (Phi) is 9.11. The minimum atomic E-state index is 0.171. The average molecular weight is 293 g/mol. The summed E-state index contributed by atoms with van der Waals surface area (Å²) in [6.07, 6.45) is 5.02. The maximum absolute atomic E-state index is 5.97. The third-order valence-corrected chi connectivity index (χ3v) is 4.04. The molecule has 1 rings (SSSR count). The van der Waals surface area contributed by atoms with Crippen LogP contribution in [0.4, 0.5) is 0 Å². The van der Waals surface area contributed by atoms with Gasteiger partial charge in [-0.15, -0.1) is 0 Å². The van der Waals surface area contributed by atoms with Crippen LogP contribution >= 0.6 is 0 Å². The van der Waals surface area contributed by atoms with Crippen molar-refractivity contribution in [2.24, 2.45) is 5.92 Å². The number of benzene rings is 1. The van der Waals surface area contributed by atoms with Crippen LogP contribution in [0.2, 0.25) is 0 Å². The Morgan fingerprint density at radius 2 is 1.90 bits per heavy atom. The zero-order valence-electron chi connectivity index (χ0n) is 14.0. The second kappa shape index (κ2) is 10.6. The normalized spacial score (nSPS) is 13.9. The molecule has 0 saturated heterocycles. The highest BCUT2D eigenvalue weighted by Gasteiger charge is 2.15. The lowest BCUT2D eigenvalue weighted by Gasteiger charge is -2.21. The predicted octanol–water partition coefficient (Wildman–Crippen LogP) is 4.19. The summed E-state index contributed by atoms with van der Waals surface area (Å²) in [6.45, 7) is 6.02. The van der Waals surface area contributed by atoms with Gasteiger partial charge in [-0.25, -0.2) is 0 Å². The maximum Gasteiger partial charge on any atom is 0.123 e. The van der Waals surface area contributed by atoms with E-state index in [1.54, 1.807) is 7.11 Å². The molecule has 1 aromatic carbocycles. The van der Waals surface area contributed by atoms with E-state index in [9.17, 15) is 0 Å². The number of para-hydroxylation sites is 1. The van der Waals surface area contributed by atoms with Gasteiger partial charge in [-0.2, -0.15) is 0 Å². The first kappa shape index (κ1) is 18.0. The molecule has 0 amide bonds. The first-order valence-corrected chi connectivity index (χ1v) is 8.14. The van der Waals surface area contributed by atoms with Crippen molar-refractivity contribution in [3.8, 4) is 5.75 Å². The number of nitrogens with one attached hydrogen (secondary N) is 1. The number of hydrogen-bond acceptors (Lipinski definition) is 3. The van der Waals surface area contributed by atoms with E-state index in [0.717, 1.165) is 17.9 Å². The predicted molar refractivity (Wildman–Crippen MR) is 88.9 cm³/mol. The van der Waals surface area contributed by atoms with Crippen LogP contribution in [0.25, 0.3) is 0 Å². The summed E-state index contributed by atoms with van der Waals surface area (Å²) in [4.78, 5) is 0. The van der Waals surface area contributed by atoms with E-state index in [1.807, 2.05) is 25.2 Å². The number of methoxy groups -OCH3 is 1. The highest BCUT2D eigenvalue weighted by atomic mass is 16.5. The molecule has 0 aliphatic carbocycles. The van der Waals surface area contributed by atoms with Crippen molar-refractivity contribution in [2.45, 2.75) is 45.6 Å². The quantitative estimate of drug-likeness (QED) is 0.663. The third-order valence-electron chi connectivity index (χ3n) is 4.04. The minimum Gasteiger partial charge on any atom is -0.496 e. The fourth-order valence-electron chi connectivity index (χ4n) is 2.53. The summed E-state index contributed by atoms with van der Waals surface area (Å²) in [5, 5.41) is 3.32. The molecule has 0 aliphatic rings. The molecule has 3 nitrogen and oxygen atoms in total. The van der Waals surface area contributed by atoms with Gasteiger partial charge in [0.25, 0.3) is 0 Å². The first-order chi connectivity index (χ1) is 10.3. The molecule has 0 saturated carbocycles. The van der Waals surface area contributed by atoms with E-state index in [4.69, 9.17) is 9.47 Å². The molecule has 3 heteroatoms. The summed E-state index contributed by atoms with van der Waals surface area (Å²) in [6, 6.07) is 8.30. The van der Waals surface area contributed by atoms with E-state index in [2.05, 4.69) is 25.2 Å². The molecule has 0 spiro atoms. The molecule has 2 unspecified atom stereocenters. The number of hydrogen-bond donors (Lipinski definition) is 1. The number of rotatable bonds is 11. The van der Waals surface area contributed by atoms with Crippen LogP contribution in [-0.2, 0) is 4.74 Å². The van der Waals surface area contributed by atoms with Crippen molar-refractivity contribution in [3.05, 3.63) is 29.8 Å². The Labute approximate surface area is 130 Å². The SMILES string of the molecule is CCCCC(CC)COCC(NC)c1ccccc1OC. The molecular formula is C18H31NO2. The van der Waals surface area contributed by atoms with Gasteiger partial charge in [0, 0.05) is 12.2 Å². The van der Waals surface area contributed by atoms with Crippen molar-refractivity contribution in [1.29, 1.82) is 0 Å². The Bertz CT molecular complexity index is 381. The fourth-order valence-corrected chi connectivity index (χ4v) is 2.53. The lowest BCUT2D eigenvalue weighted by Crippen LogP contribution is -2.24. The summed E-state index contributed by atoms with van der Waals surface area (Å²) < 4.78 is 11.4. The highest BCUT2D eigenvalue weighted by molar-refractivity contribution is 5.35. The Balaban J connectivity index is 2.50. The molecule has 21 heavy (non-hydrogen) atoms. The van der Waals surface area contributed by atoms with E-state index in [1.165, 1.54) is 25.7 Å². The molecule has 2 atom stereocenters. The lowest BCUT2D eigenvalue weighted by atomic mass is 10.0. The molecule has 0 heterocycles. The minimum absolute atomic E-state index is 0.171. The molecule has 0 bridgehead atoms. The van der Waals surface area contributed by atoms with Gasteiger partial charge in [0.15, 0.2) is 0 Å². The van der Waals surface area contributed by atoms with Gasteiger partial charge < -0.3 is 14.8 Å². The Hall–Kier alpha value is -1.06. The number of likely N-dealkylation sites (N-methyl/N-ethyl adjacent to an activating group) is 1. The highest BCUT2D eigenvalue weighted by Crippen LogP contribution is 2.25. The van der Waals surface area contributed by atoms with E-state index >= 15 is 0 Å². The van der Waals surface area contributed by atoms with Crippen LogP contribution in [0, 0.1) is 5.92 Å². The van der Waals surface area contributed by atoms with E-state index in [0.29, 0.717) is 12.5 Å². The average Bonchev–Trinajstić information content (AvgIpc) is 2.54. The lowest BCUT2D eigenvalue weighted by molar-refractivity contribution is 0.0776. The van der Waals surface area contributed by atoms with Gasteiger partial charge in [0.05, 0.1) is 19.8 Å². The van der Waals surface area contributed by atoms with Crippen molar-refractivity contribution in [3.63, 3.8) is 0 Å². The molecular weight excluding hydrogens is 262 g/mol. The zero-order chi connectivity index (χ0) is 15.5. The molecule has 120 valence electrons. The van der Waals surface area contributed by atoms with Gasteiger partial charge in [-0.1, -0.05) is 51.3 Å². The molecule has 0 aliphatic heterocycles. The largest absolute Gasteiger partial charge is 0.496 e. The summed E-state index contributed by atoms with van der Waals surface area (Å²) >= 11 is 0. The van der Waals surface area contributed by atoms with E-state index < -0.39 is 0 Å². The molecule has 1 N–H and O–H groups in total. The number of unbranched alkanes of at least 4 members (excludes halogenated alkanes) is 1.